The highest BCUT2D eigenvalue weighted by atomic mass is 35.5. The van der Waals surface area contributed by atoms with Gasteiger partial charge in [-0.05, 0) is 56.3 Å². The second kappa shape index (κ2) is 7.43. The van der Waals surface area contributed by atoms with E-state index in [-0.39, 0.29) is 6.04 Å². The maximum atomic E-state index is 6.43. The van der Waals surface area contributed by atoms with Crippen molar-refractivity contribution in [2.45, 2.75) is 26.4 Å². The lowest BCUT2D eigenvalue weighted by molar-refractivity contribution is 0.652. The maximum absolute atomic E-state index is 6.43. The molecule has 112 valence electrons. The average Bonchev–Trinajstić information content (AvgIpc) is 2.52. The summed E-state index contributed by atoms with van der Waals surface area (Å²) in [5.74, 6) is 0. The van der Waals surface area contributed by atoms with Crippen molar-refractivity contribution in [2.24, 2.45) is 0 Å². The second-order valence-corrected chi connectivity index (χ2v) is 5.49. The van der Waals surface area contributed by atoms with Crippen LogP contribution in [0.25, 0.3) is 0 Å². The number of benzene rings is 1. The van der Waals surface area contributed by atoms with E-state index in [1.807, 2.05) is 31.6 Å². The monoisotopic (exact) mass is 303 g/mol. The number of nitrogens with zero attached hydrogens (tertiary/aromatic N) is 2. The van der Waals surface area contributed by atoms with Gasteiger partial charge < -0.3 is 10.2 Å². The molecular formula is C17H22ClN3. The highest BCUT2D eigenvalue weighted by Gasteiger charge is 2.11. The predicted octanol–water partition coefficient (Wildman–Crippen LogP) is 4.04. The van der Waals surface area contributed by atoms with Crippen LogP contribution in [0, 0.1) is 0 Å². The third kappa shape index (κ3) is 3.96. The van der Waals surface area contributed by atoms with Gasteiger partial charge in [-0.3, -0.25) is 4.98 Å². The van der Waals surface area contributed by atoms with Crippen LogP contribution in [-0.4, -0.2) is 18.6 Å². The minimum absolute atomic E-state index is 0.252. The largest absolute Gasteiger partial charge is 0.367 e. The number of halogens is 1. The van der Waals surface area contributed by atoms with E-state index in [2.05, 4.69) is 47.2 Å². The lowest BCUT2D eigenvalue weighted by atomic mass is 10.1. The van der Waals surface area contributed by atoms with Crippen LogP contribution in [-0.2, 0) is 6.54 Å². The fourth-order valence-electron chi connectivity index (χ4n) is 2.31. The SMILES string of the molecule is CCN(Cc1ccncc1)c1ccc(C(C)NC)c(Cl)c1. The Labute approximate surface area is 132 Å². The van der Waals surface area contributed by atoms with Crippen molar-refractivity contribution in [1.29, 1.82) is 0 Å². The van der Waals surface area contributed by atoms with E-state index >= 15 is 0 Å². The van der Waals surface area contributed by atoms with E-state index in [1.165, 1.54) is 5.56 Å². The number of hydrogen-bond acceptors (Lipinski definition) is 3. The molecule has 1 aromatic heterocycles. The van der Waals surface area contributed by atoms with Crippen molar-refractivity contribution in [2.75, 3.05) is 18.5 Å². The number of anilines is 1. The number of hydrogen-bond donors (Lipinski definition) is 1. The van der Waals surface area contributed by atoms with Crippen LogP contribution in [0.1, 0.15) is 31.0 Å². The molecule has 3 nitrogen and oxygen atoms in total. The molecule has 0 aliphatic rings. The van der Waals surface area contributed by atoms with E-state index in [0.29, 0.717) is 0 Å². The zero-order valence-electron chi connectivity index (χ0n) is 12.8. The van der Waals surface area contributed by atoms with E-state index < -0.39 is 0 Å². The molecule has 21 heavy (non-hydrogen) atoms. The highest BCUT2D eigenvalue weighted by molar-refractivity contribution is 6.31. The summed E-state index contributed by atoms with van der Waals surface area (Å²) in [7, 11) is 1.94. The fourth-order valence-corrected chi connectivity index (χ4v) is 2.65. The Hall–Kier alpha value is -1.58. The number of aromatic nitrogens is 1. The van der Waals surface area contributed by atoms with Crippen LogP contribution < -0.4 is 10.2 Å². The molecule has 1 atom stereocenters. The summed E-state index contributed by atoms with van der Waals surface area (Å²) in [5.41, 5.74) is 3.52. The fraction of sp³-hybridized carbons (Fsp3) is 0.353. The van der Waals surface area contributed by atoms with Gasteiger partial charge in [-0.1, -0.05) is 17.7 Å². The summed E-state index contributed by atoms with van der Waals surface area (Å²) in [5, 5.41) is 4.03. The molecule has 0 fully saturated rings. The van der Waals surface area contributed by atoms with Crippen molar-refractivity contribution >= 4 is 17.3 Å². The summed E-state index contributed by atoms with van der Waals surface area (Å²) in [6.07, 6.45) is 3.65. The minimum atomic E-state index is 0.252. The summed E-state index contributed by atoms with van der Waals surface area (Å²) in [6.45, 7) is 6.05. The maximum Gasteiger partial charge on any atom is 0.0474 e. The Balaban J connectivity index is 2.21. The minimum Gasteiger partial charge on any atom is -0.367 e. The summed E-state index contributed by atoms with van der Waals surface area (Å²) >= 11 is 6.43. The Bertz CT molecular complexity index is 572. The summed E-state index contributed by atoms with van der Waals surface area (Å²) < 4.78 is 0. The summed E-state index contributed by atoms with van der Waals surface area (Å²) in [6, 6.07) is 10.6. The number of rotatable bonds is 6. The third-order valence-corrected chi connectivity index (χ3v) is 4.08. The van der Waals surface area contributed by atoms with Crippen molar-refractivity contribution in [3.05, 3.63) is 58.9 Å². The van der Waals surface area contributed by atoms with Crippen molar-refractivity contribution in [1.82, 2.24) is 10.3 Å². The first-order valence-corrected chi connectivity index (χ1v) is 7.64. The highest BCUT2D eigenvalue weighted by Crippen LogP contribution is 2.28. The Kier molecular flexibility index (Phi) is 5.59. The third-order valence-electron chi connectivity index (χ3n) is 3.75. The van der Waals surface area contributed by atoms with Crippen LogP contribution >= 0.6 is 11.6 Å². The number of nitrogens with one attached hydrogen (secondary N) is 1. The van der Waals surface area contributed by atoms with Gasteiger partial charge >= 0.3 is 0 Å². The molecule has 0 saturated heterocycles. The van der Waals surface area contributed by atoms with Gasteiger partial charge in [0.05, 0.1) is 0 Å². The number of pyridine rings is 1. The first-order chi connectivity index (χ1) is 10.2. The predicted molar refractivity (Wildman–Crippen MR) is 89.9 cm³/mol. The van der Waals surface area contributed by atoms with Gasteiger partial charge in [0.1, 0.15) is 0 Å². The first kappa shape index (κ1) is 15.8. The van der Waals surface area contributed by atoms with Crippen molar-refractivity contribution < 1.29 is 0 Å². The van der Waals surface area contributed by atoms with Gasteiger partial charge in [0.2, 0.25) is 0 Å². The second-order valence-electron chi connectivity index (χ2n) is 5.09. The van der Waals surface area contributed by atoms with Crippen LogP contribution in [0.5, 0.6) is 0 Å². The van der Waals surface area contributed by atoms with Crippen LogP contribution in [0.15, 0.2) is 42.7 Å². The molecular weight excluding hydrogens is 282 g/mol. The van der Waals surface area contributed by atoms with E-state index in [9.17, 15) is 0 Å². The zero-order chi connectivity index (χ0) is 15.2. The molecule has 2 aromatic rings. The lowest BCUT2D eigenvalue weighted by Gasteiger charge is -2.24. The molecule has 4 heteroatoms. The van der Waals surface area contributed by atoms with Crippen LogP contribution in [0.2, 0.25) is 5.02 Å². The molecule has 0 radical (unpaired) electrons. The normalized spacial score (nSPS) is 12.2. The molecule has 0 saturated carbocycles. The lowest BCUT2D eigenvalue weighted by Crippen LogP contribution is -2.22. The van der Waals surface area contributed by atoms with Crippen molar-refractivity contribution in [3.8, 4) is 0 Å². The molecule has 0 aliphatic heterocycles. The van der Waals surface area contributed by atoms with Gasteiger partial charge in [0.25, 0.3) is 0 Å². The topological polar surface area (TPSA) is 28.2 Å². The standard InChI is InChI=1S/C17H22ClN3/c1-4-21(12-14-7-9-20-10-8-14)15-5-6-16(13(2)19-3)17(18)11-15/h5-11,13,19H,4,12H2,1-3H3. The van der Waals surface area contributed by atoms with Crippen molar-refractivity contribution in [3.63, 3.8) is 0 Å². The molecule has 0 amide bonds. The van der Waals surface area contributed by atoms with Gasteiger partial charge in [0.15, 0.2) is 0 Å². The van der Waals surface area contributed by atoms with E-state index in [4.69, 9.17) is 11.6 Å². The van der Waals surface area contributed by atoms with Crippen LogP contribution in [0.3, 0.4) is 0 Å². The quantitative estimate of drug-likeness (QED) is 0.873. The Morgan fingerprint density at radius 3 is 2.52 bits per heavy atom. The molecule has 2 rings (SSSR count). The van der Waals surface area contributed by atoms with Gasteiger partial charge in [-0.15, -0.1) is 0 Å². The molecule has 0 spiro atoms. The van der Waals surface area contributed by atoms with Gasteiger partial charge in [-0.25, -0.2) is 0 Å². The Morgan fingerprint density at radius 1 is 1.24 bits per heavy atom. The molecule has 1 aromatic carbocycles. The molecule has 1 heterocycles. The van der Waals surface area contributed by atoms with Gasteiger partial charge in [-0.2, -0.15) is 0 Å². The molecule has 0 bridgehead atoms. The van der Waals surface area contributed by atoms with Crippen LogP contribution in [0.4, 0.5) is 5.69 Å². The zero-order valence-corrected chi connectivity index (χ0v) is 13.6. The summed E-state index contributed by atoms with van der Waals surface area (Å²) in [4.78, 5) is 6.36. The van der Waals surface area contributed by atoms with E-state index in [0.717, 1.165) is 29.4 Å². The van der Waals surface area contributed by atoms with Gasteiger partial charge in [0, 0.05) is 42.2 Å². The average molecular weight is 304 g/mol. The first-order valence-electron chi connectivity index (χ1n) is 7.26. The Morgan fingerprint density at radius 2 is 1.95 bits per heavy atom. The smallest absolute Gasteiger partial charge is 0.0474 e. The molecule has 0 aliphatic carbocycles. The molecule has 1 unspecified atom stereocenters. The molecule has 1 N–H and O–H groups in total. The van der Waals surface area contributed by atoms with E-state index in [1.54, 1.807) is 0 Å².